The summed E-state index contributed by atoms with van der Waals surface area (Å²) in [6, 6.07) is 12.1. The molecule has 0 spiro atoms. The van der Waals surface area contributed by atoms with Crippen molar-refractivity contribution in [2.24, 2.45) is 0 Å². The maximum Gasteiger partial charge on any atom is 0.331 e. The van der Waals surface area contributed by atoms with Crippen LogP contribution in [0.2, 0.25) is 5.15 Å². The van der Waals surface area contributed by atoms with Gasteiger partial charge in [-0.15, -0.1) is 0 Å². The number of hydrogen-bond acceptors (Lipinski definition) is 5. The number of carbonyl (C=O) groups excluding carboxylic acids is 1. The van der Waals surface area contributed by atoms with E-state index in [-0.39, 0.29) is 20.0 Å². The molecule has 0 N–H and O–H groups in total. The van der Waals surface area contributed by atoms with Crippen LogP contribution in [0.25, 0.3) is 11.8 Å². The minimum absolute atomic E-state index is 0.0721. The normalized spacial score (nSPS) is 13.2. The highest BCUT2D eigenvalue weighted by Gasteiger charge is 2.18. The predicted octanol–water partition coefficient (Wildman–Crippen LogP) is 4.60. The lowest BCUT2D eigenvalue weighted by Crippen LogP contribution is -2.14. The van der Waals surface area contributed by atoms with Gasteiger partial charge in [-0.2, -0.15) is 5.10 Å². The Hall–Kier alpha value is -3.16. The number of hydrogen-bond donors (Lipinski definition) is 0. The Morgan fingerprint density at radius 1 is 1.33 bits per heavy atom. The van der Waals surface area contributed by atoms with Crippen LogP contribution in [0.3, 0.4) is 0 Å². The van der Waals surface area contributed by atoms with Gasteiger partial charge < -0.3 is 14.2 Å². The molecule has 8 heteroatoms. The molecule has 154 valence electrons. The number of esters is 1. The van der Waals surface area contributed by atoms with E-state index < -0.39 is 11.8 Å². The van der Waals surface area contributed by atoms with Crippen molar-refractivity contribution >= 4 is 23.6 Å². The average Bonchev–Trinajstić information content (AvgIpc) is 3.04. The Balaban J connectivity index is 1.47. The highest BCUT2D eigenvalue weighted by Crippen LogP contribution is 2.30. The van der Waals surface area contributed by atoms with E-state index in [0.29, 0.717) is 33.3 Å². The van der Waals surface area contributed by atoms with Crippen LogP contribution >= 0.6 is 11.6 Å². The van der Waals surface area contributed by atoms with Crippen LogP contribution in [0, 0.1) is 12.7 Å². The molecule has 0 saturated carbocycles. The number of rotatable bonds is 5. The Morgan fingerprint density at radius 2 is 2.13 bits per heavy atom. The largest absolute Gasteiger partial charge is 0.467 e. The summed E-state index contributed by atoms with van der Waals surface area (Å²) < 4.78 is 31.2. The third kappa shape index (κ3) is 4.22. The Labute approximate surface area is 177 Å². The van der Waals surface area contributed by atoms with Gasteiger partial charge in [-0.3, -0.25) is 0 Å². The van der Waals surface area contributed by atoms with Gasteiger partial charge in [0.05, 0.1) is 18.0 Å². The van der Waals surface area contributed by atoms with Gasteiger partial charge in [0.15, 0.2) is 6.79 Å². The van der Waals surface area contributed by atoms with Crippen molar-refractivity contribution in [3.05, 3.63) is 81.9 Å². The summed E-state index contributed by atoms with van der Waals surface area (Å²) in [5.41, 5.74) is 3.12. The van der Waals surface area contributed by atoms with Gasteiger partial charge in [0, 0.05) is 22.8 Å². The van der Waals surface area contributed by atoms with Crippen molar-refractivity contribution in [2.75, 3.05) is 6.79 Å². The van der Waals surface area contributed by atoms with Crippen LogP contribution < -0.4 is 4.74 Å². The van der Waals surface area contributed by atoms with Crippen LogP contribution in [0.1, 0.15) is 22.4 Å². The van der Waals surface area contributed by atoms with Crippen LogP contribution in [0.4, 0.5) is 4.39 Å². The van der Waals surface area contributed by atoms with Gasteiger partial charge >= 0.3 is 5.97 Å². The monoisotopic (exact) mass is 428 g/mol. The molecule has 1 aliphatic heterocycles. The van der Waals surface area contributed by atoms with Gasteiger partial charge in [0.25, 0.3) is 0 Å². The van der Waals surface area contributed by atoms with Gasteiger partial charge in [-0.1, -0.05) is 29.8 Å². The molecule has 6 nitrogen and oxygen atoms in total. The number of para-hydroxylation sites is 1. The molecular formula is C22H18ClFN2O4. The van der Waals surface area contributed by atoms with Gasteiger partial charge in [-0.05, 0) is 37.3 Å². The maximum absolute atomic E-state index is 13.8. The van der Waals surface area contributed by atoms with Crippen molar-refractivity contribution in [2.45, 2.75) is 20.1 Å². The predicted molar refractivity (Wildman–Crippen MR) is 109 cm³/mol. The third-order valence-corrected chi connectivity index (χ3v) is 4.92. The first-order chi connectivity index (χ1) is 14.5. The molecule has 30 heavy (non-hydrogen) atoms. The molecule has 0 aliphatic carbocycles. The summed E-state index contributed by atoms with van der Waals surface area (Å²) in [6.07, 6.45) is 2.82. The fourth-order valence-electron chi connectivity index (χ4n) is 3.15. The Kier molecular flexibility index (Phi) is 5.83. The van der Waals surface area contributed by atoms with E-state index >= 15 is 0 Å². The van der Waals surface area contributed by atoms with E-state index in [1.807, 2.05) is 30.3 Å². The number of halogens is 2. The molecular weight excluding hydrogens is 411 g/mol. The fourth-order valence-corrected chi connectivity index (χ4v) is 3.49. The van der Waals surface area contributed by atoms with Crippen LogP contribution in [0.15, 0.2) is 48.5 Å². The van der Waals surface area contributed by atoms with Crippen molar-refractivity contribution in [1.29, 1.82) is 0 Å². The minimum atomic E-state index is -0.594. The molecule has 0 radical (unpaired) electrons. The van der Waals surface area contributed by atoms with Crippen LogP contribution in [-0.2, 0) is 27.5 Å². The molecule has 2 heterocycles. The topological polar surface area (TPSA) is 62.6 Å². The number of aromatic nitrogens is 2. The lowest BCUT2D eigenvalue weighted by Gasteiger charge is -2.20. The first-order valence-electron chi connectivity index (χ1n) is 9.20. The SMILES string of the molecule is Cc1nn(-c2ccccc2)c(Cl)c1/C=C/C(=O)OCc1cc(F)cc2c1OCOC2. The second-order valence-corrected chi connectivity index (χ2v) is 7.00. The summed E-state index contributed by atoms with van der Waals surface area (Å²) in [7, 11) is 0. The first-order valence-corrected chi connectivity index (χ1v) is 9.58. The number of carbonyl (C=O) groups is 1. The highest BCUT2D eigenvalue weighted by atomic mass is 35.5. The highest BCUT2D eigenvalue weighted by molar-refractivity contribution is 6.31. The molecule has 1 aromatic heterocycles. The Bertz CT molecular complexity index is 1110. The summed E-state index contributed by atoms with van der Waals surface area (Å²) in [5, 5.41) is 4.81. The number of nitrogens with zero attached hydrogens (tertiary/aromatic N) is 2. The zero-order valence-electron chi connectivity index (χ0n) is 16.1. The van der Waals surface area contributed by atoms with Crippen molar-refractivity contribution in [1.82, 2.24) is 9.78 Å². The van der Waals surface area contributed by atoms with E-state index in [4.69, 9.17) is 25.8 Å². The molecule has 0 atom stereocenters. The number of fused-ring (bicyclic) bond motifs is 1. The van der Waals surface area contributed by atoms with Gasteiger partial charge in [0.2, 0.25) is 0 Å². The third-order valence-electron chi connectivity index (χ3n) is 4.56. The Morgan fingerprint density at radius 3 is 2.93 bits per heavy atom. The first kappa shape index (κ1) is 20.1. The van der Waals surface area contributed by atoms with Crippen molar-refractivity contribution in [3.63, 3.8) is 0 Å². The smallest absolute Gasteiger partial charge is 0.331 e. The number of aryl methyl sites for hydroxylation is 1. The fraction of sp³-hybridized carbons (Fsp3) is 0.182. The summed E-state index contributed by atoms with van der Waals surface area (Å²) in [4.78, 5) is 12.2. The van der Waals surface area contributed by atoms with E-state index in [1.165, 1.54) is 18.2 Å². The summed E-state index contributed by atoms with van der Waals surface area (Å²) in [5.74, 6) is -0.550. The van der Waals surface area contributed by atoms with Crippen molar-refractivity contribution < 1.29 is 23.4 Å². The number of benzene rings is 2. The van der Waals surface area contributed by atoms with E-state index in [0.717, 1.165) is 5.69 Å². The summed E-state index contributed by atoms with van der Waals surface area (Å²) in [6.45, 7) is 1.99. The van der Waals surface area contributed by atoms with Gasteiger partial charge in [0.1, 0.15) is 23.3 Å². The lowest BCUT2D eigenvalue weighted by atomic mass is 10.1. The molecule has 0 bridgehead atoms. The van der Waals surface area contributed by atoms with E-state index in [2.05, 4.69) is 5.10 Å². The van der Waals surface area contributed by atoms with E-state index in [9.17, 15) is 9.18 Å². The zero-order valence-corrected chi connectivity index (χ0v) is 16.9. The maximum atomic E-state index is 13.8. The zero-order chi connectivity index (χ0) is 21.1. The van der Waals surface area contributed by atoms with Crippen LogP contribution in [-0.4, -0.2) is 22.5 Å². The minimum Gasteiger partial charge on any atom is -0.467 e. The second kappa shape index (κ2) is 8.69. The average molecular weight is 429 g/mol. The molecule has 0 unspecified atom stereocenters. The van der Waals surface area contributed by atoms with Gasteiger partial charge in [-0.25, -0.2) is 13.9 Å². The molecule has 4 rings (SSSR count). The van der Waals surface area contributed by atoms with Crippen molar-refractivity contribution in [3.8, 4) is 11.4 Å². The lowest BCUT2D eigenvalue weighted by molar-refractivity contribution is -0.139. The molecule has 1 aliphatic rings. The molecule has 2 aromatic carbocycles. The standard InChI is InChI=1S/C22H18ClFN2O4/c1-14-19(22(23)26(25-14)18-5-3-2-4-6-18)7-8-20(27)29-12-16-10-17(24)9-15-11-28-13-30-21(15)16/h2-10H,11-13H2,1H3/b8-7+. The second-order valence-electron chi connectivity index (χ2n) is 6.64. The quantitative estimate of drug-likeness (QED) is 0.439. The molecule has 0 saturated heterocycles. The van der Waals surface area contributed by atoms with Crippen LogP contribution in [0.5, 0.6) is 5.75 Å². The summed E-state index contributed by atoms with van der Waals surface area (Å²) >= 11 is 6.44. The number of ether oxygens (including phenoxy) is 3. The van der Waals surface area contributed by atoms with E-state index in [1.54, 1.807) is 17.7 Å². The molecule has 3 aromatic rings. The molecule has 0 amide bonds. The molecule has 0 fully saturated rings.